The Hall–Kier alpha value is -3.00. The van der Waals surface area contributed by atoms with Crippen molar-refractivity contribution in [1.29, 1.82) is 0 Å². The molecule has 1 aliphatic rings. The summed E-state index contributed by atoms with van der Waals surface area (Å²) in [5, 5.41) is 0. The van der Waals surface area contributed by atoms with Crippen LogP contribution in [-0.4, -0.2) is 38.2 Å². The zero-order chi connectivity index (χ0) is 23.0. The third kappa shape index (κ3) is 4.85. The monoisotopic (exact) mass is 442 g/mol. The Kier molecular flexibility index (Phi) is 6.04. The molecule has 0 radical (unpaired) electrons. The molecule has 2 aromatic rings. The van der Waals surface area contributed by atoms with Crippen molar-refractivity contribution in [3.8, 4) is 0 Å². The number of ether oxygens (including phenoxy) is 1. The first kappa shape index (κ1) is 22.7. The van der Waals surface area contributed by atoms with Crippen molar-refractivity contribution in [3.63, 3.8) is 0 Å². The average molecular weight is 443 g/mol. The van der Waals surface area contributed by atoms with Gasteiger partial charge in [0, 0.05) is 11.1 Å². The van der Waals surface area contributed by atoms with Crippen LogP contribution in [0, 0.1) is 0 Å². The molecule has 3 rings (SSSR count). The van der Waals surface area contributed by atoms with Crippen molar-refractivity contribution in [2.24, 2.45) is 4.99 Å². The van der Waals surface area contributed by atoms with E-state index in [0.29, 0.717) is 11.1 Å². The maximum Gasteiger partial charge on any atom is 0.331 e. The summed E-state index contributed by atoms with van der Waals surface area (Å²) in [7, 11) is -3.70. The molecule has 1 heterocycles. The predicted octanol–water partition coefficient (Wildman–Crippen LogP) is 3.23. The van der Waals surface area contributed by atoms with E-state index >= 15 is 0 Å². The van der Waals surface area contributed by atoms with E-state index in [2.05, 4.69) is 30.5 Å². The van der Waals surface area contributed by atoms with Crippen molar-refractivity contribution in [2.75, 3.05) is 0 Å². The molecule has 8 heteroatoms. The highest BCUT2D eigenvalue weighted by atomic mass is 32.2. The summed E-state index contributed by atoms with van der Waals surface area (Å²) in [5.74, 6) is -0.958. The number of benzene rings is 2. The maximum absolute atomic E-state index is 12.7. The van der Waals surface area contributed by atoms with Crippen LogP contribution in [0.1, 0.15) is 56.1 Å². The molecular weight excluding hydrogens is 416 g/mol. The van der Waals surface area contributed by atoms with E-state index in [-0.39, 0.29) is 21.9 Å². The summed E-state index contributed by atoms with van der Waals surface area (Å²) in [4.78, 5) is 29.4. The zero-order valence-electron chi connectivity index (χ0n) is 18.2. The van der Waals surface area contributed by atoms with Gasteiger partial charge in [0.25, 0.3) is 10.0 Å². The number of amidine groups is 1. The molecule has 0 saturated carbocycles. The fourth-order valence-electron chi connectivity index (χ4n) is 3.17. The Morgan fingerprint density at radius 1 is 1.00 bits per heavy atom. The number of nitrogens with one attached hydrogen (secondary N) is 1. The van der Waals surface area contributed by atoms with Crippen LogP contribution in [0.4, 0.5) is 0 Å². The summed E-state index contributed by atoms with van der Waals surface area (Å²) < 4.78 is 32.0. The number of rotatable bonds is 5. The summed E-state index contributed by atoms with van der Waals surface area (Å²) in [6.07, 6.45) is -0.997. The third-order valence-corrected chi connectivity index (χ3v) is 6.42. The van der Waals surface area contributed by atoms with Crippen molar-refractivity contribution in [2.45, 2.75) is 57.1 Å². The Morgan fingerprint density at radius 2 is 1.61 bits per heavy atom. The van der Waals surface area contributed by atoms with Crippen LogP contribution in [0.2, 0.25) is 0 Å². The number of ketones is 1. The molecule has 0 bridgehead atoms. The van der Waals surface area contributed by atoms with Gasteiger partial charge in [0.2, 0.25) is 5.78 Å². The minimum Gasteiger partial charge on any atom is -0.453 e. The lowest BCUT2D eigenvalue weighted by Crippen LogP contribution is -2.31. The van der Waals surface area contributed by atoms with Gasteiger partial charge in [0.15, 0.2) is 6.10 Å². The molecule has 2 unspecified atom stereocenters. The number of aliphatic imine (C=N–C) groups is 1. The first-order valence-corrected chi connectivity index (χ1v) is 11.4. The molecule has 164 valence electrons. The molecule has 0 saturated heterocycles. The lowest BCUT2D eigenvalue weighted by atomic mass is 9.86. The number of hydrogen-bond acceptors (Lipinski definition) is 6. The van der Waals surface area contributed by atoms with Gasteiger partial charge in [-0.15, -0.1) is 0 Å². The van der Waals surface area contributed by atoms with Crippen molar-refractivity contribution in [1.82, 2.24) is 4.72 Å². The van der Waals surface area contributed by atoms with Gasteiger partial charge in [0.1, 0.15) is 11.9 Å². The Labute approximate surface area is 182 Å². The van der Waals surface area contributed by atoms with Gasteiger partial charge in [0.05, 0.1) is 4.90 Å². The van der Waals surface area contributed by atoms with Gasteiger partial charge in [-0.25, -0.2) is 13.2 Å². The van der Waals surface area contributed by atoms with Crippen LogP contribution in [-0.2, 0) is 25.0 Å². The number of Topliss-reactive ketones (excluding diaryl/α,β-unsaturated/α-hetero) is 1. The molecule has 0 aromatic heterocycles. The smallest absolute Gasteiger partial charge is 0.331 e. The highest BCUT2D eigenvalue weighted by Crippen LogP contribution is 2.24. The van der Waals surface area contributed by atoms with Crippen LogP contribution in [0.3, 0.4) is 0 Å². The predicted molar refractivity (Wildman–Crippen MR) is 118 cm³/mol. The fraction of sp³-hybridized carbons (Fsp3) is 0.348. The average Bonchev–Trinajstić information content (AvgIpc) is 2.97. The number of carbonyl (C=O) groups is 2. The van der Waals surface area contributed by atoms with Crippen LogP contribution in [0.15, 0.2) is 58.4 Å². The van der Waals surface area contributed by atoms with Gasteiger partial charge in [-0.2, -0.15) is 0 Å². The zero-order valence-corrected chi connectivity index (χ0v) is 19.0. The van der Waals surface area contributed by atoms with Crippen LogP contribution in [0.5, 0.6) is 0 Å². The lowest BCUT2D eigenvalue weighted by molar-refractivity contribution is -0.147. The highest BCUT2D eigenvalue weighted by Gasteiger charge is 2.32. The molecule has 2 aromatic carbocycles. The molecule has 31 heavy (non-hydrogen) atoms. The second-order valence-electron chi connectivity index (χ2n) is 8.53. The van der Waals surface area contributed by atoms with E-state index in [1.165, 1.54) is 19.9 Å². The molecule has 0 amide bonds. The molecule has 0 aliphatic carbocycles. The summed E-state index contributed by atoms with van der Waals surface area (Å²) in [5.41, 5.74) is 1.90. The SMILES string of the molecule is CC(N=C1NS(=O)(=O)c2ccccc21)C(=O)OC(C)C(=O)c1ccc(C(C)(C)C)cc1. The highest BCUT2D eigenvalue weighted by molar-refractivity contribution is 7.90. The van der Waals surface area contributed by atoms with Crippen LogP contribution in [0.25, 0.3) is 0 Å². The Balaban J connectivity index is 1.70. The van der Waals surface area contributed by atoms with Crippen LogP contribution < -0.4 is 4.72 Å². The molecule has 1 N–H and O–H groups in total. The Bertz CT molecular complexity index is 1150. The molecular formula is C23H26N2O5S. The van der Waals surface area contributed by atoms with Gasteiger partial charge >= 0.3 is 5.97 Å². The number of sulfonamides is 1. The topological polar surface area (TPSA) is 102 Å². The first-order chi connectivity index (χ1) is 14.4. The molecule has 1 aliphatic heterocycles. The second kappa shape index (κ2) is 8.26. The second-order valence-corrected chi connectivity index (χ2v) is 10.2. The van der Waals surface area contributed by atoms with E-state index in [0.717, 1.165) is 5.56 Å². The van der Waals surface area contributed by atoms with Crippen molar-refractivity contribution >= 4 is 27.6 Å². The fourth-order valence-corrected chi connectivity index (χ4v) is 4.41. The maximum atomic E-state index is 12.7. The van der Waals surface area contributed by atoms with E-state index < -0.39 is 28.1 Å². The van der Waals surface area contributed by atoms with Crippen molar-refractivity contribution in [3.05, 3.63) is 65.2 Å². The lowest BCUT2D eigenvalue weighted by Gasteiger charge is -2.19. The molecule has 0 spiro atoms. The number of esters is 1. The summed E-state index contributed by atoms with van der Waals surface area (Å²) >= 11 is 0. The third-order valence-electron chi connectivity index (χ3n) is 5.02. The van der Waals surface area contributed by atoms with Gasteiger partial charge < -0.3 is 4.74 Å². The van der Waals surface area contributed by atoms with E-state index in [4.69, 9.17) is 4.74 Å². The van der Waals surface area contributed by atoms with E-state index in [1.807, 2.05) is 12.1 Å². The van der Waals surface area contributed by atoms with Crippen LogP contribution >= 0.6 is 0 Å². The van der Waals surface area contributed by atoms with E-state index in [1.54, 1.807) is 30.3 Å². The van der Waals surface area contributed by atoms with Crippen molar-refractivity contribution < 1.29 is 22.7 Å². The first-order valence-electron chi connectivity index (χ1n) is 9.95. The van der Waals surface area contributed by atoms with Gasteiger partial charge in [-0.1, -0.05) is 57.2 Å². The molecule has 0 fully saturated rings. The van der Waals surface area contributed by atoms with Gasteiger partial charge in [-0.3, -0.25) is 14.5 Å². The Morgan fingerprint density at radius 3 is 2.23 bits per heavy atom. The largest absolute Gasteiger partial charge is 0.453 e. The number of fused-ring (bicyclic) bond motifs is 1. The summed E-state index contributed by atoms with van der Waals surface area (Å²) in [6.45, 7) is 9.24. The quantitative estimate of drug-likeness (QED) is 0.566. The van der Waals surface area contributed by atoms with E-state index in [9.17, 15) is 18.0 Å². The number of nitrogens with zero attached hydrogens (tertiary/aromatic N) is 1. The minimum atomic E-state index is -3.70. The molecule has 2 atom stereocenters. The normalized spacial score (nSPS) is 18.0. The van der Waals surface area contributed by atoms with Gasteiger partial charge in [-0.05, 0) is 37.0 Å². The number of carbonyl (C=O) groups excluding carboxylic acids is 2. The molecule has 7 nitrogen and oxygen atoms in total. The number of hydrogen-bond donors (Lipinski definition) is 1. The standard InChI is InChI=1S/C23H26N2O5S/c1-14(24-21-18-8-6-7-9-19(18)31(28,29)25-21)22(27)30-15(2)20(26)16-10-12-17(13-11-16)23(3,4)5/h6-15H,1-5H3,(H,24,25). The summed E-state index contributed by atoms with van der Waals surface area (Å²) in [6, 6.07) is 12.6. The minimum absolute atomic E-state index is 0.0331.